The summed E-state index contributed by atoms with van der Waals surface area (Å²) in [4.78, 5) is 43.6. The van der Waals surface area contributed by atoms with Crippen LogP contribution in [0.1, 0.15) is 56.0 Å². The molecule has 3 N–H and O–H groups in total. The van der Waals surface area contributed by atoms with Gasteiger partial charge in [0.1, 0.15) is 5.75 Å². The number of anilines is 2. The fourth-order valence-corrected chi connectivity index (χ4v) is 5.56. The van der Waals surface area contributed by atoms with E-state index in [1.54, 1.807) is 54.1 Å². The Morgan fingerprint density at radius 2 is 1.66 bits per heavy atom. The van der Waals surface area contributed by atoms with E-state index in [9.17, 15) is 19.5 Å². The number of benzene rings is 3. The third-order valence-corrected chi connectivity index (χ3v) is 8.42. The van der Waals surface area contributed by atoms with E-state index in [1.807, 2.05) is 62.4 Å². The van der Waals surface area contributed by atoms with Crippen molar-refractivity contribution in [1.82, 2.24) is 9.80 Å². The topological polar surface area (TPSA) is 120 Å². The van der Waals surface area contributed by atoms with Crippen LogP contribution >= 0.6 is 0 Å². The highest BCUT2D eigenvalue weighted by molar-refractivity contribution is 6.02. The second-order valence-corrected chi connectivity index (χ2v) is 12.4. The molecule has 3 aromatic carbocycles. The number of carbonyl (C=O) groups excluding carboxylic acids is 3. The van der Waals surface area contributed by atoms with Crippen LogP contribution in [0.5, 0.6) is 5.75 Å². The first-order chi connectivity index (χ1) is 22.6. The molecule has 0 bridgehead atoms. The molecule has 3 aromatic rings. The van der Waals surface area contributed by atoms with Crippen molar-refractivity contribution in [3.63, 3.8) is 0 Å². The summed E-state index contributed by atoms with van der Waals surface area (Å²) in [6.45, 7) is 6.66. The Morgan fingerprint density at radius 1 is 0.979 bits per heavy atom. The summed E-state index contributed by atoms with van der Waals surface area (Å²) in [5, 5.41) is 15.8. The zero-order valence-corrected chi connectivity index (χ0v) is 27.9. The van der Waals surface area contributed by atoms with E-state index < -0.39 is 12.1 Å². The summed E-state index contributed by atoms with van der Waals surface area (Å²) in [7, 11) is 1.78. The quantitative estimate of drug-likeness (QED) is 0.284. The van der Waals surface area contributed by atoms with Gasteiger partial charge in [0.2, 0.25) is 5.91 Å². The molecular weight excluding hydrogens is 596 g/mol. The van der Waals surface area contributed by atoms with Crippen molar-refractivity contribution in [2.24, 2.45) is 5.92 Å². The van der Waals surface area contributed by atoms with Gasteiger partial charge in [-0.2, -0.15) is 0 Å². The number of urea groups is 1. The molecule has 4 atom stereocenters. The molecular formula is C37H48N4O6. The SMILES string of the molecule is C[C@@H]1CCCCO[C@H](CN(C)C(=O)Cc2ccccc2)[C@H](C)CN([C@H](C)CO)C(=O)c2cc(NC(=O)Nc3ccccc3)ccc2O1. The number of fused-ring (bicyclic) bond motifs is 1. The first-order valence-corrected chi connectivity index (χ1v) is 16.4. The van der Waals surface area contributed by atoms with E-state index in [2.05, 4.69) is 10.6 Å². The van der Waals surface area contributed by atoms with Gasteiger partial charge in [0.05, 0.1) is 36.8 Å². The number of hydrogen-bond donors (Lipinski definition) is 3. The summed E-state index contributed by atoms with van der Waals surface area (Å²) in [6.07, 6.45) is 2.21. The Labute approximate surface area is 278 Å². The van der Waals surface area contributed by atoms with Crippen LogP contribution in [-0.4, -0.2) is 84.4 Å². The number of rotatable bonds is 8. The third kappa shape index (κ3) is 10.6. The zero-order valence-electron chi connectivity index (χ0n) is 27.9. The van der Waals surface area contributed by atoms with Gasteiger partial charge in [0.25, 0.3) is 5.91 Å². The van der Waals surface area contributed by atoms with Crippen LogP contribution in [0, 0.1) is 5.92 Å². The summed E-state index contributed by atoms with van der Waals surface area (Å²) >= 11 is 0. The average Bonchev–Trinajstić information content (AvgIpc) is 3.06. The minimum Gasteiger partial charge on any atom is -0.490 e. The van der Waals surface area contributed by atoms with Crippen LogP contribution in [0.3, 0.4) is 0 Å². The maximum atomic E-state index is 14.3. The molecule has 4 amide bonds. The van der Waals surface area contributed by atoms with Crippen LogP contribution < -0.4 is 15.4 Å². The molecule has 0 unspecified atom stereocenters. The lowest BCUT2D eigenvalue weighted by molar-refractivity contribution is -0.131. The second-order valence-electron chi connectivity index (χ2n) is 12.4. The third-order valence-electron chi connectivity index (χ3n) is 8.42. The first-order valence-electron chi connectivity index (χ1n) is 16.4. The molecule has 1 aliphatic rings. The van der Waals surface area contributed by atoms with E-state index >= 15 is 0 Å². The standard InChI is InChI=1S/C37H48N4O6/c1-26-23-41(27(2)25-42)36(44)32-22-31(39-37(45)38-30-16-9-6-10-17-30)18-19-33(32)47-28(3)13-11-12-20-46-34(26)24-40(4)35(43)21-29-14-7-5-8-15-29/h5-10,14-19,22,26-28,34,42H,11-13,20-21,23-25H2,1-4H3,(H2,38,39,45)/t26-,27-,28-,34-/m1/s1. The number of para-hydroxylation sites is 1. The summed E-state index contributed by atoms with van der Waals surface area (Å²) in [6, 6.07) is 22.8. The number of likely N-dealkylation sites (N-methyl/N-ethyl adjacent to an activating group) is 1. The molecule has 0 aliphatic carbocycles. The second kappa shape index (κ2) is 17.5. The average molecular weight is 645 g/mol. The summed E-state index contributed by atoms with van der Waals surface area (Å²) < 4.78 is 12.7. The van der Waals surface area contributed by atoms with Gasteiger partial charge >= 0.3 is 6.03 Å². The maximum absolute atomic E-state index is 14.3. The number of carbonyl (C=O) groups is 3. The van der Waals surface area contributed by atoms with Gasteiger partial charge in [-0.25, -0.2) is 4.79 Å². The molecule has 1 heterocycles. The van der Waals surface area contributed by atoms with Crippen molar-refractivity contribution >= 4 is 29.2 Å². The van der Waals surface area contributed by atoms with Gasteiger partial charge in [-0.05, 0) is 69.0 Å². The van der Waals surface area contributed by atoms with Crippen LogP contribution in [0.2, 0.25) is 0 Å². The van der Waals surface area contributed by atoms with E-state index in [0.29, 0.717) is 36.7 Å². The molecule has 0 aromatic heterocycles. The van der Waals surface area contributed by atoms with Crippen LogP contribution in [0.4, 0.5) is 16.2 Å². The molecule has 1 aliphatic heterocycles. The van der Waals surface area contributed by atoms with Crippen LogP contribution in [0.15, 0.2) is 78.9 Å². The van der Waals surface area contributed by atoms with Gasteiger partial charge in [-0.15, -0.1) is 0 Å². The smallest absolute Gasteiger partial charge is 0.323 e. The molecule has 10 nitrogen and oxygen atoms in total. The van der Waals surface area contributed by atoms with Gasteiger partial charge < -0.3 is 35.0 Å². The normalized spacial score (nSPS) is 19.8. The Kier molecular flexibility index (Phi) is 13.2. The predicted octanol–water partition coefficient (Wildman–Crippen LogP) is 5.83. The number of hydrogen-bond acceptors (Lipinski definition) is 6. The number of nitrogens with one attached hydrogen (secondary N) is 2. The van der Waals surface area contributed by atoms with Crippen LogP contribution in [0.25, 0.3) is 0 Å². The van der Waals surface area contributed by atoms with Crippen molar-refractivity contribution in [3.05, 3.63) is 90.0 Å². The van der Waals surface area contributed by atoms with Crippen molar-refractivity contribution < 1.29 is 29.0 Å². The van der Waals surface area contributed by atoms with E-state index in [1.165, 1.54) is 0 Å². The highest BCUT2D eigenvalue weighted by atomic mass is 16.5. The summed E-state index contributed by atoms with van der Waals surface area (Å²) in [5.74, 6) is -0.115. The molecule has 0 radical (unpaired) electrons. The lowest BCUT2D eigenvalue weighted by Gasteiger charge is -2.36. The monoisotopic (exact) mass is 644 g/mol. The Bertz CT molecular complexity index is 1450. The molecule has 252 valence electrons. The molecule has 0 saturated heterocycles. The highest BCUT2D eigenvalue weighted by Crippen LogP contribution is 2.28. The maximum Gasteiger partial charge on any atom is 0.323 e. The first kappa shape index (κ1) is 35.4. The fourth-order valence-electron chi connectivity index (χ4n) is 5.56. The highest BCUT2D eigenvalue weighted by Gasteiger charge is 2.31. The van der Waals surface area contributed by atoms with Crippen molar-refractivity contribution in [2.45, 2.75) is 64.7 Å². The van der Waals surface area contributed by atoms with Gasteiger partial charge in [-0.1, -0.05) is 55.5 Å². The fraction of sp³-hybridized carbons (Fsp3) is 0.432. The van der Waals surface area contributed by atoms with Gasteiger partial charge in [0.15, 0.2) is 0 Å². The predicted molar refractivity (Wildman–Crippen MR) is 184 cm³/mol. The Morgan fingerprint density at radius 3 is 2.36 bits per heavy atom. The van der Waals surface area contributed by atoms with Crippen molar-refractivity contribution in [3.8, 4) is 5.75 Å². The van der Waals surface area contributed by atoms with E-state index in [0.717, 1.165) is 24.8 Å². The molecule has 10 heteroatoms. The van der Waals surface area contributed by atoms with Crippen molar-refractivity contribution in [1.29, 1.82) is 0 Å². The number of amides is 4. The lowest BCUT2D eigenvalue weighted by Crippen LogP contribution is -2.48. The largest absolute Gasteiger partial charge is 0.490 e. The molecule has 0 fully saturated rings. The Balaban J connectivity index is 1.58. The molecule has 47 heavy (non-hydrogen) atoms. The van der Waals surface area contributed by atoms with Gasteiger partial charge in [-0.3, -0.25) is 9.59 Å². The molecule has 0 spiro atoms. The minimum absolute atomic E-state index is 0.0145. The number of nitrogens with zero attached hydrogens (tertiary/aromatic N) is 2. The summed E-state index contributed by atoms with van der Waals surface area (Å²) in [5.41, 5.74) is 2.29. The number of aliphatic hydroxyl groups excluding tert-OH is 1. The Hall–Kier alpha value is -4.41. The van der Waals surface area contributed by atoms with E-state index in [4.69, 9.17) is 9.47 Å². The minimum atomic E-state index is -0.515. The van der Waals surface area contributed by atoms with Crippen LogP contribution in [-0.2, 0) is 16.0 Å². The van der Waals surface area contributed by atoms with Crippen molar-refractivity contribution in [2.75, 3.05) is 44.0 Å². The zero-order chi connectivity index (χ0) is 33.8. The molecule has 0 saturated carbocycles. The number of ether oxygens (including phenoxy) is 2. The van der Waals surface area contributed by atoms with E-state index in [-0.39, 0.29) is 48.7 Å². The van der Waals surface area contributed by atoms with Gasteiger partial charge in [0, 0.05) is 44.0 Å². The number of aliphatic hydroxyl groups is 1. The lowest BCUT2D eigenvalue weighted by atomic mass is 10.0. The molecule has 4 rings (SSSR count).